The van der Waals surface area contributed by atoms with Crippen LogP contribution in [-0.2, 0) is 16.1 Å². The molecule has 1 fully saturated rings. The molecule has 1 aliphatic heterocycles. The van der Waals surface area contributed by atoms with Crippen LogP contribution in [0.15, 0.2) is 46.0 Å². The quantitative estimate of drug-likeness (QED) is 0.556. The van der Waals surface area contributed by atoms with Crippen LogP contribution in [0.2, 0.25) is 0 Å². The van der Waals surface area contributed by atoms with Crippen molar-refractivity contribution < 1.29 is 13.9 Å². The summed E-state index contributed by atoms with van der Waals surface area (Å²) in [6.45, 7) is 8.43. The van der Waals surface area contributed by atoms with Crippen LogP contribution >= 0.6 is 11.8 Å². The second kappa shape index (κ2) is 9.68. The Bertz CT molecular complexity index is 993. The van der Waals surface area contributed by atoms with Crippen LogP contribution in [0, 0.1) is 6.92 Å². The van der Waals surface area contributed by atoms with Crippen LogP contribution in [0.3, 0.4) is 0 Å². The van der Waals surface area contributed by atoms with Gasteiger partial charge in [-0.1, -0.05) is 23.9 Å². The van der Waals surface area contributed by atoms with Crippen molar-refractivity contribution in [2.75, 3.05) is 38.6 Å². The number of fused-ring (bicyclic) bond motifs is 1. The standard InChI is InChI=1S/C22H28N4O3S/c1-3-26-18-7-5-4-6-17(18)24-22(26)30-15-21(27)23-14-19(20-9-8-16(2)29-20)25-10-12-28-13-11-25/h4-9,19H,3,10-15H2,1-2H3,(H,23,27). The Hall–Kier alpha value is -2.29. The van der Waals surface area contributed by atoms with E-state index in [1.54, 1.807) is 0 Å². The number of aromatic nitrogens is 2. The summed E-state index contributed by atoms with van der Waals surface area (Å²) in [4.78, 5) is 19.6. The molecule has 1 N–H and O–H groups in total. The Balaban J connectivity index is 1.38. The number of morpholine rings is 1. The molecule has 160 valence electrons. The van der Waals surface area contributed by atoms with E-state index in [1.165, 1.54) is 11.8 Å². The molecule has 1 unspecified atom stereocenters. The van der Waals surface area contributed by atoms with Gasteiger partial charge in [0.25, 0.3) is 0 Å². The van der Waals surface area contributed by atoms with Gasteiger partial charge in [-0.05, 0) is 38.1 Å². The highest BCUT2D eigenvalue weighted by Crippen LogP contribution is 2.25. The van der Waals surface area contributed by atoms with Crippen LogP contribution in [0.1, 0.15) is 24.5 Å². The van der Waals surface area contributed by atoms with Gasteiger partial charge in [0.05, 0.1) is 36.0 Å². The van der Waals surface area contributed by atoms with Crippen molar-refractivity contribution in [3.63, 3.8) is 0 Å². The summed E-state index contributed by atoms with van der Waals surface area (Å²) in [5.41, 5.74) is 2.06. The molecule has 8 heteroatoms. The number of para-hydroxylation sites is 2. The van der Waals surface area contributed by atoms with Crippen molar-refractivity contribution in [3.05, 3.63) is 47.9 Å². The summed E-state index contributed by atoms with van der Waals surface area (Å²) < 4.78 is 13.5. The molecule has 1 aromatic carbocycles. The monoisotopic (exact) mass is 428 g/mol. The van der Waals surface area contributed by atoms with Gasteiger partial charge < -0.3 is 19.0 Å². The van der Waals surface area contributed by atoms with E-state index in [-0.39, 0.29) is 11.9 Å². The molecule has 4 rings (SSSR count). The van der Waals surface area contributed by atoms with Gasteiger partial charge in [0.2, 0.25) is 5.91 Å². The van der Waals surface area contributed by atoms with Gasteiger partial charge in [-0.15, -0.1) is 0 Å². The van der Waals surface area contributed by atoms with Gasteiger partial charge in [-0.3, -0.25) is 9.69 Å². The summed E-state index contributed by atoms with van der Waals surface area (Å²) in [5, 5.41) is 3.97. The fourth-order valence-electron chi connectivity index (χ4n) is 3.79. The third-order valence-corrected chi connectivity index (χ3v) is 6.31. The van der Waals surface area contributed by atoms with Crippen molar-refractivity contribution in [1.82, 2.24) is 19.8 Å². The summed E-state index contributed by atoms with van der Waals surface area (Å²) in [7, 11) is 0. The van der Waals surface area contributed by atoms with E-state index in [9.17, 15) is 4.79 Å². The molecule has 3 aromatic rings. The number of nitrogens with one attached hydrogen (secondary N) is 1. The van der Waals surface area contributed by atoms with Crippen LogP contribution in [-0.4, -0.2) is 59.0 Å². The third-order valence-electron chi connectivity index (χ3n) is 5.34. The number of benzene rings is 1. The SMILES string of the molecule is CCn1c(SCC(=O)NCC(c2ccc(C)o2)N2CCOCC2)nc2ccccc21. The molecule has 1 saturated heterocycles. The average Bonchev–Trinajstić information content (AvgIpc) is 3.36. The maximum atomic E-state index is 12.6. The number of imidazole rings is 1. The zero-order valence-corrected chi connectivity index (χ0v) is 18.3. The van der Waals surface area contributed by atoms with E-state index >= 15 is 0 Å². The van der Waals surface area contributed by atoms with E-state index in [1.807, 2.05) is 37.3 Å². The lowest BCUT2D eigenvalue weighted by molar-refractivity contribution is -0.118. The zero-order valence-electron chi connectivity index (χ0n) is 17.5. The third kappa shape index (κ3) is 4.71. The smallest absolute Gasteiger partial charge is 0.230 e. The average molecular weight is 429 g/mol. The number of furan rings is 1. The van der Waals surface area contributed by atoms with Gasteiger partial charge >= 0.3 is 0 Å². The summed E-state index contributed by atoms with van der Waals surface area (Å²) in [5.74, 6) is 2.09. The van der Waals surface area contributed by atoms with Gasteiger partial charge in [-0.25, -0.2) is 4.98 Å². The van der Waals surface area contributed by atoms with Gasteiger partial charge in [0.1, 0.15) is 11.5 Å². The molecule has 0 aliphatic carbocycles. The Kier molecular flexibility index (Phi) is 6.76. The number of thioether (sulfide) groups is 1. The van der Waals surface area contributed by atoms with E-state index < -0.39 is 0 Å². The van der Waals surface area contributed by atoms with Crippen LogP contribution in [0.4, 0.5) is 0 Å². The lowest BCUT2D eigenvalue weighted by Gasteiger charge is -2.33. The van der Waals surface area contributed by atoms with E-state index in [0.29, 0.717) is 25.5 Å². The molecule has 0 bridgehead atoms. The summed E-state index contributed by atoms with van der Waals surface area (Å²) >= 11 is 1.48. The molecule has 2 aromatic heterocycles. The molecule has 1 aliphatic rings. The Morgan fingerprint density at radius 2 is 2.03 bits per heavy atom. The van der Waals surface area contributed by atoms with Crippen molar-refractivity contribution in [2.24, 2.45) is 0 Å². The Morgan fingerprint density at radius 1 is 1.23 bits per heavy atom. The van der Waals surface area contributed by atoms with Gasteiger partial charge in [0.15, 0.2) is 5.16 Å². The van der Waals surface area contributed by atoms with Crippen molar-refractivity contribution in [3.8, 4) is 0 Å². The van der Waals surface area contributed by atoms with Crippen molar-refractivity contribution in [1.29, 1.82) is 0 Å². The Morgan fingerprint density at radius 3 is 2.77 bits per heavy atom. The number of nitrogens with zero attached hydrogens (tertiary/aromatic N) is 3. The number of carbonyl (C=O) groups excluding carboxylic acids is 1. The molecule has 7 nitrogen and oxygen atoms in total. The molecule has 1 amide bonds. The highest BCUT2D eigenvalue weighted by molar-refractivity contribution is 7.99. The lowest BCUT2D eigenvalue weighted by atomic mass is 10.1. The Labute approximate surface area is 180 Å². The first-order valence-corrected chi connectivity index (χ1v) is 11.4. The molecule has 3 heterocycles. The van der Waals surface area contributed by atoms with Gasteiger partial charge in [-0.2, -0.15) is 0 Å². The fourth-order valence-corrected chi connectivity index (χ4v) is 4.70. The molecule has 1 atom stereocenters. The first-order valence-electron chi connectivity index (χ1n) is 10.4. The number of hydrogen-bond acceptors (Lipinski definition) is 6. The summed E-state index contributed by atoms with van der Waals surface area (Å²) in [6.07, 6.45) is 0. The van der Waals surface area contributed by atoms with Crippen molar-refractivity contribution in [2.45, 2.75) is 31.6 Å². The minimum atomic E-state index is -0.00348. The lowest BCUT2D eigenvalue weighted by Crippen LogP contribution is -2.44. The normalized spacial score (nSPS) is 16.1. The molecule has 0 saturated carbocycles. The molecule has 0 spiro atoms. The molecular weight excluding hydrogens is 400 g/mol. The van der Waals surface area contributed by atoms with E-state index in [4.69, 9.17) is 9.15 Å². The highest BCUT2D eigenvalue weighted by atomic mass is 32.2. The van der Waals surface area contributed by atoms with Crippen molar-refractivity contribution >= 4 is 28.7 Å². The van der Waals surface area contributed by atoms with Gasteiger partial charge in [0, 0.05) is 26.2 Å². The van der Waals surface area contributed by atoms with Crippen LogP contribution < -0.4 is 5.32 Å². The molecular formula is C22H28N4O3S. The zero-order chi connectivity index (χ0) is 20.9. The predicted octanol–water partition coefficient (Wildman–Crippen LogP) is 3.24. The van der Waals surface area contributed by atoms with Crippen LogP contribution in [0.5, 0.6) is 0 Å². The number of ether oxygens (including phenoxy) is 1. The topological polar surface area (TPSA) is 72.5 Å². The van der Waals surface area contributed by atoms with E-state index in [0.717, 1.165) is 47.3 Å². The highest BCUT2D eigenvalue weighted by Gasteiger charge is 2.25. The number of aryl methyl sites for hydroxylation is 2. The number of hydrogen-bond donors (Lipinski definition) is 1. The first-order chi connectivity index (χ1) is 14.7. The minimum Gasteiger partial charge on any atom is -0.465 e. The number of amides is 1. The largest absolute Gasteiger partial charge is 0.465 e. The first kappa shape index (κ1) is 21.0. The number of rotatable bonds is 8. The molecule has 30 heavy (non-hydrogen) atoms. The minimum absolute atomic E-state index is 0.00348. The predicted molar refractivity (Wildman–Crippen MR) is 118 cm³/mol. The number of carbonyl (C=O) groups is 1. The summed E-state index contributed by atoms with van der Waals surface area (Å²) in [6, 6.07) is 12.0. The maximum Gasteiger partial charge on any atom is 0.230 e. The fraction of sp³-hybridized carbons (Fsp3) is 0.455. The molecule has 0 radical (unpaired) electrons. The maximum absolute atomic E-state index is 12.6. The van der Waals surface area contributed by atoms with Crippen LogP contribution in [0.25, 0.3) is 11.0 Å². The second-order valence-electron chi connectivity index (χ2n) is 7.33. The van der Waals surface area contributed by atoms with E-state index in [2.05, 4.69) is 32.8 Å². The second-order valence-corrected chi connectivity index (χ2v) is 8.28.